The van der Waals surface area contributed by atoms with Crippen LogP contribution in [0, 0.1) is 5.82 Å². The van der Waals surface area contributed by atoms with Crippen molar-refractivity contribution in [2.24, 2.45) is 5.73 Å². The molecule has 1 aliphatic rings. The Balaban J connectivity index is 2.26. The fraction of sp³-hybridized carbons (Fsp3) is 0.538. The van der Waals surface area contributed by atoms with Crippen LogP contribution in [0.25, 0.3) is 0 Å². The topological polar surface area (TPSA) is 58.7 Å². The molecule has 18 heavy (non-hydrogen) atoms. The van der Waals surface area contributed by atoms with Gasteiger partial charge >= 0.3 is 0 Å². The number of nitrogens with two attached hydrogens (primary N) is 1. The molecule has 0 aliphatic carbocycles. The average molecular weight is 254 g/mol. The SMILES string of the molecule is C[C@H](N)c1ccc(N2CCOCC2CO)c(F)c1. The molecule has 2 rings (SSSR count). The van der Waals surface area contributed by atoms with Crippen LogP contribution in [0.5, 0.6) is 0 Å². The Labute approximate surface area is 106 Å². The minimum atomic E-state index is -0.301. The van der Waals surface area contributed by atoms with E-state index in [0.717, 1.165) is 5.56 Å². The molecule has 2 atom stereocenters. The van der Waals surface area contributed by atoms with Crippen molar-refractivity contribution < 1.29 is 14.2 Å². The summed E-state index contributed by atoms with van der Waals surface area (Å²) < 4.78 is 19.4. The lowest BCUT2D eigenvalue weighted by Gasteiger charge is -2.36. The van der Waals surface area contributed by atoms with Crippen molar-refractivity contribution in [2.45, 2.75) is 19.0 Å². The molecule has 0 radical (unpaired) electrons. The zero-order valence-corrected chi connectivity index (χ0v) is 10.5. The van der Waals surface area contributed by atoms with Crippen LogP contribution >= 0.6 is 0 Å². The largest absolute Gasteiger partial charge is 0.394 e. The van der Waals surface area contributed by atoms with Gasteiger partial charge in [-0.1, -0.05) is 6.07 Å². The molecule has 0 aromatic heterocycles. The quantitative estimate of drug-likeness (QED) is 0.846. The van der Waals surface area contributed by atoms with Gasteiger partial charge < -0.3 is 20.5 Å². The molecular weight excluding hydrogens is 235 g/mol. The van der Waals surface area contributed by atoms with Crippen LogP contribution in [0.4, 0.5) is 10.1 Å². The summed E-state index contributed by atoms with van der Waals surface area (Å²) in [5, 5.41) is 9.29. The number of hydrogen-bond acceptors (Lipinski definition) is 4. The van der Waals surface area contributed by atoms with E-state index in [1.165, 1.54) is 6.07 Å². The molecule has 3 N–H and O–H groups in total. The second-order valence-electron chi connectivity index (χ2n) is 4.60. The summed E-state index contributed by atoms with van der Waals surface area (Å²) in [6.07, 6.45) is 0. The molecule has 100 valence electrons. The van der Waals surface area contributed by atoms with E-state index in [9.17, 15) is 9.50 Å². The van der Waals surface area contributed by atoms with Crippen LogP contribution in [-0.2, 0) is 4.74 Å². The zero-order chi connectivity index (χ0) is 13.1. The van der Waals surface area contributed by atoms with Crippen LogP contribution in [0.2, 0.25) is 0 Å². The van der Waals surface area contributed by atoms with E-state index in [4.69, 9.17) is 10.5 Å². The highest BCUT2D eigenvalue weighted by Gasteiger charge is 2.24. The molecule has 1 unspecified atom stereocenters. The number of hydrogen-bond donors (Lipinski definition) is 2. The van der Waals surface area contributed by atoms with Gasteiger partial charge in [0.25, 0.3) is 0 Å². The van der Waals surface area contributed by atoms with Gasteiger partial charge in [-0.25, -0.2) is 4.39 Å². The number of anilines is 1. The van der Waals surface area contributed by atoms with E-state index in [1.54, 1.807) is 6.07 Å². The van der Waals surface area contributed by atoms with Crippen LogP contribution in [0.3, 0.4) is 0 Å². The van der Waals surface area contributed by atoms with E-state index in [0.29, 0.717) is 25.4 Å². The predicted molar refractivity (Wildman–Crippen MR) is 68.0 cm³/mol. The van der Waals surface area contributed by atoms with Gasteiger partial charge in [-0.15, -0.1) is 0 Å². The molecule has 1 aliphatic heterocycles. The lowest BCUT2D eigenvalue weighted by Crippen LogP contribution is -2.48. The third-order valence-electron chi connectivity index (χ3n) is 3.25. The van der Waals surface area contributed by atoms with Gasteiger partial charge in [-0.3, -0.25) is 0 Å². The lowest BCUT2D eigenvalue weighted by molar-refractivity contribution is 0.0723. The Morgan fingerprint density at radius 2 is 2.39 bits per heavy atom. The number of rotatable bonds is 3. The summed E-state index contributed by atoms with van der Waals surface area (Å²) >= 11 is 0. The molecule has 1 aromatic carbocycles. The number of aliphatic hydroxyl groups is 1. The van der Waals surface area contributed by atoms with Gasteiger partial charge in [0.15, 0.2) is 0 Å². The number of nitrogens with zero attached hydrogens (tertiary/aromatic N) is 1. The summed E-state index contributed by atoms with van der Waals surface area (Å²) in [6, 6.07) is 4.64. The van der Waals surface area contributed by atoms with Crippen LogP contribution < -0.4 is 10.6 Å². The van der Waals surface area contributed by atoms with Gasteiger partial charge in [0.05, 0.1) is 31.5 Å². The number of aliphatic hydroxyl groups excluding tert-OH is 1. The third kappa shape index (κ3) is 2.63. The molecule has 4 nitrogen and oxygen atoms in total. The Morgan fingerprint density at radius 3 is 3.00 bits per heavy atom. The fourth-order valence-electron chi connectivity index (χ4n) is 2.16. The number of halogens is 1. The second-order valence-corrected chi connectivity index (χ2v) is 4.60. The van der Waals surface area contributed by atoms with E-state index in [-0.39, 0.29) is 24.5 Å². The first kappa shape index (κ1) is 13.3. The Kier molecular flexibility index (Phi) is 4.16. The Morgan fingerprint density at radius 1 is 1.61 bits per heavy atom. The molecule has 0 amide bonds. The summed E-state index contributed by atoms with van der Waals surface area (Å²) in [7, 11) is 0. The second kappa shape index (κ2) is 5.65. The summed E-state index contributed by atoms with van der Waals surface area (Å²) in [6.45, 7) is 3.32. The summed E-state index contributed by atoms with van der Waals surface area (Å²) in [5.41, 5.74) is 6.99. The minimum absolute atomic E-state index is 0.0471. The van der Waals surface area contributed by atoms with E-state index in [2.05, 4.69) is 0 Å². The van der Waals surface area contributed by atoms with Gasteiger partial charge in [-0.2, -0.15) is 0 Å². The first-order valence-corrected chi connectivity index (χ1v) is 6.13. The molecule has 0 spiro atoms. The van der Waals surface area contributed by atoms with E-state index < -0.39 is 0 Å². The van der Waals surface area contributed by atoms with Crippen molar-refractivity contribution >= 4 is 5.69 Å². The monoisotopic (exact) mass is 254 g/mol. The average Bonchev–Trinajstić information content (AvgIpc) is 2.38. The highest BCUT2D eigenvalue weighted by molar-refractivity contribution is 5.51. The predicted octanol–water partition coefficient (Wildman–Crippen LogP) is 1.04. The molecule has 1 heterocycles. The maximum Gasteiger partial charge on any atom is 0.146 e. The standard InChI is InChI=1S/C13H19FN2O2/c1-9(15)10-2-3-13(12(14)6-10)16-4-5-18-8-11(16)7-17/h2-3,6,9,11,17H,4-5,7-8,15H2,1H3/t9-,11?/m0/s1. The maximum atomic E-state index is 14.1. The summed E-state index contributed by atoms with van der Waals surface area (Å²) in [5.74, 6) is -0.301. The minimum Gasteiger partial charge on any atom is -0.394 e. The van der Waals surface area contributed by atoms with Crippen molar-refractivity contribution in [1.82, 2.24) is 0 Å². The van der Waals surface area contributed by atoms with Crippen molar-refractivity contribution in [3.05, 3.63) is 29.6 Å². The van der Waals surface area contributed by atoms with E-state index in [1.807, 2.05) is 17.9 Å². The van der Waals surface area contributed by atoms with Crippen molar-refractivity contribution in [3.8, 4) is 0 Å². The normalized spacial score (nSPS) is 22.0. The molecule has 1 fully saturated rings. The zero-order valence-electron chi connectivity index (χ0n) is 10.5. The maximum absolute atomic E-state index is 14.1. The van der Waals surface area contributed by atoms with E-state index >= 15 is 0 Å². The molecular formula is C13H19FN2O2. The number of ether oxygens (including phenoxy) is 1. The van der Waals surface area contributed by atoms with Crippen molar-refractivity contribution in [2.75, 3.05) is 31.3 Å². The Hall–Kier alpha value is -1.17. The lowest BCUT2D eigenvalue weighted by atomic mass is 10.1. The number of morpholine rings is 1. The van der Waals surface area contributed by atoms with Crippen LogP contribution in [-0.4, -0.2) is 37.5 Å². The fourth-order valence-corrected chi connectivity index (χ4v) is 2.16. The van der Waals surface area contributed by atoms with Crippen molar-refractivity contribution in [3.63, 3.8) is 0 Å². The third-order valence-corrected chi connectivity index (χ3v) is 3.25. The van der Waals surface area contributed by atoms with Gasteiger partial charge in [0, 0.05) is 12.6 Å². The van der Waals surface area contributed by atoms with Gasteiger partial charge in [0.2, 0.25) is 0 Å². The first-order chi connectivity index (χ1) is 8.63. The summed E-state index contributed by atoms with van der Waals surface area (Å²) in [4.78, 5) is 1.85. The highest BCUT2D eigenvalue weighted by atomic mass is 19.1. The number of benzene rings is 1. The smallest absolute Gasteiger partial charge is 0.146 e. The van der Waals surface area contributed by atoms with Gasteiger partial charge in [0.1, 0.15) is 5.82 Å². The first-order valence-electron chi connectivity index (χ1n) is 6.13. The van der Waals surface area contributed by atoms with Gasteiger partial charge in [-0.05, 0) is 24.6 Å². The van der Waals surface area contributed by atoms with Crippen LogP contribution in [0.1, 0.15) is 18.5 Å². The molecule has 5 heteroatoms. The highest BCUT2D eigenvalue weighted by Crippen LogP contribution is 2.25. The van der Waals surface area contributed by atoms with Crippen LogP contribution in [0.15, 0.2) is 18.2 Å². The molecule has 1 aromatic rings. The van der Waals surface area contributed by atoms with Crippen molar-refractivity contribution in [1.29, 1.82) is 0 Å². The molecule has 0 saturated carbocycles. The molecule has 1 saturated heterocycles. The Bertz CT molecular complexity index is 412. The molecule has 0 bridgehead atoms.